The van der Waals surface area contributed by atoms with Gasteiger partial charge >= 0.3 is 0 Å². The highest BCUT2D eigenvalue weighted by Gasteiger charge is 2.22. The number of aliphatic hydroxyl groups excluding tert-OH is 1. The molecule has 0 saturated heterocycles. The molecule has 1 aliphatic heterocycles. The Morgan fingerprint density at radius 3 is 2.78 bits per heavy atom. The molecular formula is C17H23N3O3. The van der Waals surface area contributed by atoms with E-state index in [2.05, 4.69) is 14.5 Å². The third kappa shape index (κ3) is 3.18. The van der Waals surface area contributed by atoms with Gasteiger partial charge in [-0.3, -0.25) is 4.90 Å². The molecule has 1 atom stereocenters. The smallest absolute Gasteiger partial charge is 0.161 e. The van der Waals surface area contributed by atoms with Gasteiger partial charge in [0.25, 0.3) is 0 Å². The summed E-state index contributed by atoms with van der Waals surface area (Å²) in [6.45, 7) is 2.28. The van der Waals surface area contributed by atoms with Crippen LogP contribution in [-0.4, -0.2) is 46.9 Å². The molecule has 2 heterocycles. The standard InChI is InChI=1S/C17H23N3O3/c1-19-11-18-13-9-20(7-6-14(13)19)10-15(21)12-4-5-16(22-2)17(8-12)23-3/h4-5,8,11,15,21H,6-7,9-10H2,1-3H3. The van der Waals surface area contributed by atoms with Crippen molar-refractivity contribution in [2.75, 3.05) is 27.3 Å². The number of fused-ring (bicyclic) bond motifs is 1. The summed E-state index contributed by atoms with van der Waals surface area (Å²) in [6.07, 6.45) is 2.25. The molecule has 1 N–H and O–H groups in total. The Labute approximate surface area is 136 Å². The van der Waals surface area contributed by atoms with Gasteiger partial charge in [-0.1, -0.05) is 6.07 Å². The van der Waals surface area contributed by atoms with Crippen molar-refractivity contribution in [3.8, 4) is 11.5 Å². The molecule has 0 amide bonds. The summed E-state index contributed by atoms with van der Waals surface area (Å²) in [7, 11) is 5.23. The number of β-amino-alcohol motifs (C(OH)–C–C–N with tert-alkyl or cyclic N) is 1. The third-order valence-corrected chi connectivity index (χ3v) is 4.41. The summed E-state index contributed by atoms with van der Waals surface area (Å²) in [5.41, 5.74) is 3.23. The van der Waals surface area contributed by atoms with Gasteiger partial charge in [-0.25, -0.2) is 4.98 Å². The Balaban J connectivity index is 1.69. The number of aryl methyl sites for hydroxylation is 1. The van der Waals surface area contributed by atoms with E-state index in [-0.39, 0.29) is 0 Å². The summed E-state index contributed by atoms with van der Waals surface area (Å²) in [6, 6.07) is 5.53. The second kappa shape index (κ2) is 6.60. The monoisotopic (exact) mass is 317 g/mol. The molecule has 6 heteroatoms. The lowest BCUT2D eigenvalue weighted by Crippen LogP contribution is -2.34. The molecular weight excluding hydrogens is 294 g/mol. The van der Waals surface area contributed by atoms with E-state index >= 15 is 0 Å². The summed E-state index contributed by atoms with van der Waals surface area (Å²) in [4.78, 5) is 6.67. The fourth-order valence-corrected chi connectivity index (χ4v) is 3.08. The van der Waals surface area contributed by atoms with Crippen molar-refractivity contribution in [3.63, 3.8) is 0 Å². The summed E-state index contributed by atoms with van der Waals surface area (Å²) in [5, 5.41) is 10.5. The van der Waals surface area contributed by atoms with Crippen molar-refractivity contribution in [2.24, 2.45) is 7.05 Å². The predicted molar refractivity (Wildman–Crippen MR) is 86.7 cm³/mol. The van der Waals surface area contributed by atoms with Gasteiger partial charge in [-0.05, 0) is 17.7 Å². The van der Waals surface area contributed by atoms with Crippen molar-refractivity contribution in [2.45, 2.75) is 19.1 Å². The largest absolute Gasteiger partial charge is 0.493 e. The van der Waals surface area contributed by atoms with Crippen LogP contribution in [0.15, 0.2) is 24.5 Å². The molecule has 0 fully saturated rings. The number of hydrogen-bond donors (Lipinski definition) is 1. The first-order valence-electron chi connectivity index (χ1n) is 7.73. The van der Waals surface area contributed by atoms with Crippen LogP contribution >= 0.6 is 0 Å². The van der Waals surface area contributed by atoms with E-state index in [1.807, 2.05) is 31.6 Å². The predicted octanol–water partition coefficient (Wildman–Crippen LogP) is 1.53. The maximum atomic E-state index is 10.5. The van der Waals surface area contributed by atoms with Crippen LogP contribution in [0, 0.1) is 0 Å². The van der Waals surface area contributed by atoms with Gasteiger partial charge in [-0.2, -0.15) is 0 Å². The minimum atomic E-state index is -0.569. The molecule has 0 aliphatic carbocycles. The van der Waals surface area contributed by atoms with Gasteiger partial charge in [0.05, 0.1) is 32.3 Å². The van der Waals surface area contributed by atoms with Crippen LogP contribution in [0.4, 0.5) is 0 Å². The topological polar surface area (TPSA) is 59.8 Å². The van der Waals surface area contributed by atoms with E-state index in [9.17, 15) is 5.11 Å². The first-order valence-corrected chi connectivity index (χ1v) is 7.73. The van der Waals surface area contributed by atoms with Crippen molar-refractivity contribution in [1.29, 1.82) is 0 Å². The molecule has 0 bridgehead atoms. The van der Waals surface area contributed by atoms with Crippen LogP contribution < -0.4 is 9.47 Å². The van der Waals surface area contributed by atoms with Crippen LogP contribution in [0.1, 0.15) is 23.1 Å². The number of aliphatic hydroxyl groups is 1. The number of hydrogen-bond acceptors (Lipinski definition) is 5. The molecule has 2 aromatic rings. The summed E-state index contributed by atoms with van der Waals surface area (Å²) in [5.74, 6) is 1.30. The first-order chi connectivity index (χ1) is 11.1. The molecule has 3 rings (SSSR count). The lowest BCUT2D eigenvalue weighted by molar-refractivity contribution is 0.104. The molecule has 0 spiro atoms. The zero-order valence-electron chi connectivity index (χ0n) is 13.8. The van der Waals surface area contributed by atoms with E-state index in [4.69, 9.17) is 9.47 Å². The molecule has 1 unspecified atom stereocenters. The summed E-state index contributed by atoms with van der Waals surface area (Å²) >= 11 is 0. The van der Waals surface area contributed by atoms with Gasteiger partial charge in [0, 0.05) is 38.8 Å². The minimum Gasteiger partial charge on any atom is -0.493 e. The molecule has 6 nitrogen and oxygen atoms in total. The van der Waals surface area contributed by atoms with E-state index in [0.29, 0.717) is 18.0 Å². The van der Waals surface area contributed by atoms with E-state index in [1.165, 1.54) is 5.69 Å². The number of methoxy groups -OCH3 is 2. The number of benzene rings is 1. The van der Waals surface area contributed by atoms with Crippen LogP contribution in [0.25, 0.3) is 0 Å². The van der Waals surface area contributed by atoms with Crippen molar-refractivity contribution >= 4 is 0 Å². The van der Waals surface area contributed by atoms with Gasteiger partial charge in [0.1, 0.15) is 0 Å². The van der Waals surface area contributed by atoms with Crippen molar-refractivity contribution in [3.05, 3.63) is 41.5 Å². The Bertz CT molecular complexity index is 684. The third-order valence-electron chi connectivity index (χ3n) is 4.41. The molecule has 1 aromatic carbocycles. The normalized spacial score (nSPS) is 16.0. The van der Waals surface area contributed by atoms with Crippen molar-refractivity contribution in [1.82, 2.24) is 14.5 Å². The Morgan fingerprint density at radius 1 is 1.26 bits per heavy atom. The zero-order valence-corrected chi connectivity index (χ0v) is 13.8. The Hall–Kier alpha value is -2.05. The second-order valence-electron chi connectivity index (χ2n) is 5.86. The maximum Gasteiger partial charge on any atom is 0.161 e. The molecule has 124 valence electrons. The number of nitrogens with zero attached hydrogens (tertiary/aromatic N) is 3. The van der Waals surface area contributed by atoms with Crippen LogP contribution in [-0.2, 0) is 20.0 Å². The van der Waals surface area contributed by atoms with Gasteiger partial charge < -0.3 is 19.1 Å². The average Bonchev–Trinajstić information content (AvgIpc) is 2.94. The van der Waals surface area contributed by atoms with E-state index in [0.717, 1.165) is 30.8 Å². The lowest BCUT2D eigenvalue weighted by Gasteiger charge is -2.28. The second-order valence-corrected chi connectivity index (χ2v) is 5.86. The molecule has 1 aliphatic rings. The number of ether oxygens (including phenoxy) is 2. The van der Waals surface area contributed by atoms with E-state index < -0.39 is 6.10 Å². The molecule has 0 radical (unpaired) electrons. The lowest BCUT2D eigenvalue weighted by atomic mass is 10.1. The van der Waals surface area contributed by atoms with Crippen molar-refractivity contribution < 1.29 is 14.6 Å². The fourth-order valence-electron chi connectivity index (χ4n) is 3.08. The minimum absolute atomic E-state index is 0.569. The number of imidazole rings is 1. The quantitative estimate of drug-likeness (QED) is 0.906. The highest BCUT2D eigenvalue weighted by atomic mass is 16.5. The summed E-state index contributed by atoms with van der Waals surface area (Å²) < 4.78 is 12.6. The Kier molecular flexibility index (Phi) is 4.54. The number of rotatable bonds is 5. The first kappa shape index (κ1) is 15.8. The van der Waals surface area contributed by atoms with Crippen LogP contribution in [0.5, 0.6) is 11.5 Å². The van der Waals surface area contributed by atoms with Gasteiger partial charge in [-0.15, -0.1) is 0 Å². The van der Waals surface area contributed by atoms with E-state index in [1.54, 1.807) is 14.2 Å². The number of aromatic nitrogens is 2. The maximum absolute atomic E-state index is 10.5. The van der Waals surface area contributed by atoms with Crippen LogP contribution in [0.2, 0.25) is 0 Å². The molecule has 23 heavy (non-hydrogen) atoms. The fraction of sp³-hybridized carbons (Fsp3) is 0.471. The molecule has 1 aromatic heterocycles. The highest BCUT2D eigenvalue weighted by Crippen LogP contribution is 2.30. The van der Waals surface area contributed by atoms with Crippen LogP contribution in [0.3, 0.4) is 0 Å². The highest BCUT2D eigenvalue weighted by molar-refractivity contribution is 5.43. The SMILES string of the molecule is COc1ccc(C(O)CN2CCc3c(ncn3C)C2)cc1OC. The average molecular weight is 317 g/mol. The zero-order chi connectivity index (χ0) is 16.4. The molecule has 0 saturated carbocycles. The Morgan fingerprint density at radius 2 is 2.04 bits per heavy atom. The van der Waals surface area contributed by atoms with Gasteiger partial charge in [0.2, 0.25) is 0 Å². The van der Waals surface area contributed by atoms with Gasteiger partial charge in [0.15, 0.2) is 11.5 Å².